The molecule has 0 heterocycles. The van der Waals surface area contributed by atoms with Gasteiger partial charge in [-0.25, -0.2) is 0 Å². The van der Waals surface area contributed by atoms with Crippen molar-refractivity contribution >= 4 is 36.9 Å². The second-order valence-corrected chi connectivity index (χ2v) is 3.96. The van der Waals surface area contributed by atoms with E-state index in [1.807, 2.05) is 0 Å². The first-order chi connectivity index (χ1) is 7.85. The van der Waals surface area contributed by atoms with Gasteiger partial charge in [0, 0.05) is 19.8 Å². The van der Waals surface area contributed by atoms with Crippen molar-refractivity contribution < 1.29 is 14.0 Å². The Morgan fingerprint density at radius 1 is 0.647 bits per heavy atom. The Kier molecular flexibility index (Phi) is 20.2. The molecule has 3 nitrogen and oxygen atoms in total. The maximum absolute atomic E-state index is 5.53. The molecule has 5 heteroatoms. The summed E-state index contributed by atoms with van der Waals surface area (Å²) in [5, 5.41) is 0. The van der Waals surface area contributed by atoms with Crippen LogP contribution in [0.25, 0.3) is 0 Å². The molecular weight excluding hydrogens is 226 g/mol. The summed E-state index contributed by atoms with van der Waals surface area (Å²) in [6, 6.07) is 0. The Morgan fingerprint density at radius 3 is 1.18 bits per heavy atom. The predicted molar refractivity (Wildman–Crippen MR) is 75.5 cm³/mol. The van der Waals surface area contributed by atoms with Gasteiger partial charge in [0.15, 0.2) is 0 Å². The van der Waals surface area contributed by atoms with Crippen LogP contribution in [0.1, 0.15) is 59.3 Å². The van der Waals surface area contributed by atoms with Crippen molar-refractivity contribution in [1.29, 1.82) is 0 Å². The zero-order chi connectivity index (χ0) is 12.1. The average Bonchev–Trinajstić information content (AvgIpc) is 2.29. The molecule has 0 radical (unpaired) electrons. The first-order valence-corrected chi connectivity index (χ1v) is 6.69. The van der Waals surface area contributed by atoms with Crippen molar-refractivity contribution in [2.45, 2.75) is 59.3 Å². The van der Waals surface area contributed by atoms with E-state index in [2.05, 4.69) is 20.8 Å². The molecule has 17 heavy (non-hydrogen) atoms. The molecule has 98 valence electrons. The predicted octanol–water partition coefficient (Wildman–Crippen LogP) is 2.77. The molecule has 0 aromatic rings. The second-order valence-electron chi connectivity index (χ2n) is 3.96. The first-order valence-electron chi connectivity index (χ1n) is 6.69. The Labute approximate surface area is 129 Å². The Bertz CT molecular complexity index is 115. The molecule has 0 rings (SSSR count). The Hall–Kier alpha value is 0.945. The van der Waals surface area contributed by atoms with Gasteiger partial charge < -0.3 is 14.0 Å². The van der Waals surface area contributed by atoms with E-state index in [0.29, 0.717) is 0 Å². The van der Waals surface area contributed by atoms with E-state index in [9.17, 15) is 0 Å². The number of hydrogen-bond donors (Lipinski definition) is 0. The van der Waals surface area contributed by atoms with Crippen LogP contribution in [0.3, 0.4) is 0 Å². The summed E-state index contributed by atoms with van der Waals surface area (Å²) in [5.74, 6) is 0. The van der Waals surface area contributed by atoms with Crippen molar-refractivity contribution in [3.05, 3.63) is 0 Å². The molecule has 0 aromatic carbocycles. The van der Waals surface area contributed by atoms with E-state index >= 15 is 0 Å². The summed E-state index contributed by atoms with van der Waals surface area (Å²) in [4.78, 5) is 0. The van der Waals surface area contributed by atoms with Crippen LogP contribution in [-0.2, 0) is 14.0 Å². The Balaban J connectivity index is 0. The fourth-order valence-corrected chi connectivity index (χ4v) is 1.12. The van der Waals surface area contributed by atoms with E-state index in [1.54, 1.807) is 0 Å². The molecule has 0 bridgehead atoms. The zero-order valence-electron chi connectivity index (χ0n) is 11.2. The van der Waals surface area contributed by atoms with Gasteiger partial charge in [0.25, 0.3) is 0 Å². The van der Waals surface area contributed by atoms with Crippen LogP contribution in [0, 0.1) is 0 Å². The van der Waals surface area contributed by atoms with Crippen molar-refractivity contribution in [3.8, 4) is 0 Å². The third-order valence-electron chi connectivity index (χ3n) is 2.26. The summed E-state index contributed by atoms with van der Waals surface area (Å²) in [5.41, 5.74) is 0. The maximum atomic E-state index is 5.53. The number of rotatable bonds is 12. The van der Waals surface area contributed by atoms with Crippen LogP contribution >= 0.6 is 0 Å². The third kappa shape index (κ3) is 14.9. The average molecular weight is 254 g/mol. The topological polar surface area (TPSA) is 27.7 Å². The normalized spacial score (nSPS) is 10.1. The molecule has 0 saturated carbocycles. The second kappa shape index (κ2) is 16.9. The van der Waals surface area contributed by atoms with E-state index in [4.69, 9.17) is 14.0 Å². The summed E-state index contributed by atoms with van der Waals surface area (Å²) < 4.78 is 16.6. The van der Waals surface area contributed by atoms with Crippen LogP contribution < -0.4 is 0 Å². The standard InChI is InChI=1S/C12H27BO3.Na.H/c1-4-7-10-14-13(15-11-8-5-2)16-12-9-6-3;;/h4-12H2,1-3H3;;. The minimum absolute atomic E-state index is 0. The first kappa shape index (κ1) is 20.3. The van der Waals surface area contributed by atoms with Gasteiger partial charge in [-0.3, -0.25) is 0 Å². The van der Waals surface area contributed by atoms with Crippen molar-refractivity contribution in [3.63, 3.8) is 0 Å². The monoisotopic (exact) mass is 254 g/mol. The fraction of sp³-hybridized carbons (Fsp3) is 1.00. The zero-order valence-corrected chi connectivity index (χ0v) is 11.2. The van der Waals surface area contributed by atoms with Gasteiger partial charge in [0.2, 0.25) is 0 Å². The van der Waals surface area contributed by atoms with Gasteiger partial charge >= 0.3 is 36.9 Å². The number of unbranched alkanes of at least 4 members (excludes halogenated alkanes) is 3. The van der Waals surface area contributed by atoms with Crippen LogP contribution in [0.15, 0.2) is 0 Å². The number of hydrogen-bond acceptors (Lipinski definition) is 3. The summed E-state index contributed by atoms with van der Waals surface area (Å²) in [6.45, 7) is 8.61. The van der Waals surface area contributed by atoms with E-state index in [-0.39, 0.29) is 29.6 Å². The minimum atomic E-state index is -0.454. The quantitative estimate of drug-likeness (QED) is 0.396. The van der Waals surface area contributed by atoms with Crippen molar-refractivity contribution in [1.82, 2.24) is 0 Å². The molecule has 0 aromatic heterocycles. The SMILES string of the molecule is CCCCOB(OCCCC)OCCCC.[NaH]. The molecule has 0 aliphatic carbocycles. The molecule has 0 aliphatic heterocycles. The molecule has 0 atom stereocenters. The molecule has 0 N–H and O–H groups in total. The molecule has 0 amide bonds. The van der Waals surface area contributed by atoms with Crippen LogP contribution in [-0.4, -0.2) is 56.7 Å². The van der Waals surface area contributed by atoms with Crippen LogP contribution in [0.4, 0.5) is 0 Å². The van der Waals surface area contributed by atoms with E-state index < -0.39 is 7.32 Å². The van der Waals surface area contributed by atoms with Gasteiger partial charge in [0.05, 0.1) is 0 Å². The third-order valence-corrected chi connectivity index (χ3v) is 2.26. The van der Waals surface area contributed by atoms with Gasteiger partial charge in [-0.1, -0.05) is 40.0 Å². The molecule has 0 unspecified atom stereocenters. The molecule has 0 spiro atoms. The summed E-state index contributed by atoms with van der Waals surface area (Å²) in [7, 11) is -0.454. The van der Waals surface area contributed by atoms with Crippen molar-refractivity contribution in [2.24, 2.45) is 0 Å². The summed E-state index contributed by atoms with van der Waals surface area (Å²) >= 11 is 0. The molecular formula is C12H28BNaO3. The molecule has 0 saturated heterocycles. The molecule has 0 fully saturated rings. The van der Waals surface area contributed by atoms with Gasteiger partial charge in [-0.05, 0) is 19.3 Å². The van der Waals surface area contributed by atoms with E-state index in [0.717, 1.165) is 58.3 Å². The van der Waals surface area contributed by atoms with Crippen molar-refractivity contribution in [2.75, 3.05) is 19.8 Å². The van der Waals surface area contributed by atoms with Gasteiger partial charge in [-0.15, -0.1) is 0 Å². The summed E-state index contributed by atoms with van der Waals surface area (Å²) in [6.07, 6.45) is 6.59. The van der Waals surface area contributed by atoms with Gasteiger partial charge in [0.1, 0.15) is 0 Å². The van der Waals surface area contributed by atoms with Crippen LogP contribution in [0.5, 0.6) is 0 Å². The fourth-order valence-electron chi connectivity index (χ4n) is 1.12. The van der Waals surface area contributed by atoms with E-state index in [1.165, 1.54) is 0 Å². The Morgan fingerprint density at radius 2 is 0.941 bits per heavy atom. The molecule has 0 aliphatic rings. The van der Waals surface area contributed by atoms with Crippen LogP contribution in [0.2, 0.25) is 0 Å². The van der Waals surface area contributed by atoms with Gasteiger partial charge in [-0.2, -0.15) is 0 Å².